The van der Waals surface area contributed by atoms with Gasteiger partial charge < -0.3 is 10.4 Å². The van der Waals surface area contributed by atoms with Crippen molar-refractivity contribution in [3.05, 3.63) is 60.2 Å². The smallest absolute Gasteiger partial charge is 0.191 e. The highest BCUT2D eigenvalue weighted by atomic mass is 32.1. The third-order valence-corrected chi connectivity index (χ3v) is 2.53. The second kappa shape index (κ2) is 6.51. The van der Waals surface area contributed by atoms with Crippen molar-refractivity contribution in [2.24, 2.45) is 5.10 Å². The maximum atomic E-state index is 9.54. The number of hydrogen-bond donors (Lipinski definition) is 3. The van der Waals surface area contributed by atoms with Gasteiger partial charge in [-0.1, -0.05) is 30.3 Å². The van der Waals surface area contributed by atoms with Crippen LogP contribution in [0.25, 0.3) is 0 Å². The lowest BCUT2D eigenvalue weighted by atomic mass is 10.2. The minimum absolute atomic E-state index is 0.176. The van der Waals surface area contributed by atoms with E-state index in [0.29, 0.717) is 10.7 Å². The quantitative estimate of drug-likeness (QED) is 0.456. The van der Waals surface area contributed by atoms with E-state index in [0.717, 1.165) is 5.69 Å². The lowest BCUT2D eigenvalue weighted by Crippen LogP contribution is -2.23. The molecule has 0 aliphatic heterocycles. The molecule has 0 aliphatic rings. The molecule has 0 unspecified atom stereocenters. The van der Waals surface area contributed by atoms with Gasteiger partial charge in [0.05, 0.1) is 6.21 Å². The Hall–Kier alpha value is -2.40. The van der Waals surface area contributed by atoms with Crippen molar-refractivity contribution in [3.63, 3.8) is 0 Å². The molecule has 2 rings (SSSR count). The van der Waals surface area contributed by atoms with E-state index in [2.05, 4.69) is 15.8 Å². The van der Waals surface area contributed by atoms with Gasteiger partial charge in [-0.15, -0.1) is 0 Å². The first-order chi connectivity index (χ1) is 9.25. The van der Waals surface area contributed by atoms with Gasteiger partial charge in [0.2, 0.25) is 0 Å². The minimum atomic E-state index is 0.176. The molecule has 4 nitrogen and oxygen atoms in total. The van der Waals surface area contributed by atoms with Crippen molar-refractivity contribution in [3.8, 4) is 5.75 Å². The van der Waals surface area contributed by atoms with Gasteiger partial charge in [0.1, 0.15) is 5.75 Å². The van der Waals surface area contributed by atoms with Crippen LogP contribution in [-0.2, 0) is 0 Å². The Bertz CT molecular complexity index is 584. The first-order valence-electron chi connectivity index (χ1n) is 5.69. The zero-order valence-corrected chi connectivity index (χ0v) is 10.9. The maximum Gasteiger partial charge on any atom is 0.191 e. The summed E-state index contributed by atoms with van der Waals surface area (Å²) in [5, 5.41) is 16.9. The summed E-state index contributed by atoms with van der Waals surface area (Å²) >= 11 is 5.09. The number of phenols is 1. The monoisotopic (exact) mass is 271 g/mol. The molecule has 0 spiro atoms. The Morgan fingerprint density at radius 1 is 1.05 bits per heavy atom. The molecular formula is C14H13N3OS. The molecule has 0 atom stereocenters. The standard InChI is InChI=1S/C14H13N3OS/c18-13-9-5-4-6-11(13)10-15-17-14(19)16-12-7-2-1-3-8-12/h1-10,18H,(H2,16,17,19)/b15-10+. The van der Waals surface area contributed by atoms with Gasteiger partial charge in [-0.2, -0.15) is 5.10 Å². The van der Waals surface area contributed by atoms with Crippen molar-refractivity contribution in [1.29, 1.82) is 0 Å². The molecule has 0 bridgehead atoms. The van der Waals surface area contributed by atoms with Crippen molar-refractivity contribution >= 4 is 29.2 Å². The lowest BCUT2D eigenvalue weighted by molar-refractivity contribution is 0.474. The number of benzene rings is 2. The Morgan fingerprint density at radius 3 is 2.47 bits per heavy atom. The van der Waals surface area contributed by atoms with Gasteiger partial charge in [-0.3, -0.25) is 5.43 Å². The van der Waals surface area contributed by atoms with Crippen LogP contribution in [0.3, 0.4) is 0 Å². The fraction of sp³-hybridized carbons (Fsp3) is 0. The third-order valence-electron chi connectivity index (χ3n) is 2.34. The van der Waals surface area contributed by atoms with Gasteiger partial charge >= 0.3 is 0 Å². The number of para-hydroxylation sites is 2. The fourth-order valence-corrected chi connectivity index (χ4v) is 1.61. The molecule has 0 amide bonds. The average molecular weight is 271 g/mol. The van der Waals surface area contributed by atoms with Crippen molar-refractivity contribution in [1.82, 2.24) is 5.43 Å². The molecule has 0 heterocycles. The number of hydrazone groups is 1. The number of nitrogens with one attached hydrogen (secondary N) is 2. The first kappa shape index (κ1) is 13.0. The van der Waals surface area contributed by atoms with Crippen LogP contribution in [0, 0.1) is 0 Å². The number of thiocarbonyl (C=S) groups is 1. The Balaban J connectivity index is 1.89. The van der Waals surface area contributed by atoms with E-state index in [4.69, 9.17) is 12.2 Å². The molecule has 0 saturated carbocycles. The summed E-state index contributed by atoms with van der Waals surface area (Å²) in [6.07, 6.45) is 1.51. The van der Waals surface area contributed by atoms with Crippen LogP contribution in [0.5, 0.6) is 5.75 Å². The molecule has 0 aliphatic carbocycles. The van der Waals surface area contributed by atoms with E-state index in [-0.39, 0.29) is 5.75 Å². The second-order valence-electron chi connectivity index (χ2n) is 3.75. The topological polar surface area (TPSA) is 56.7 Å². The lowest BCUT2D eigenvalue weighted by Gasteiger charge is -2.06. The van der Waals surface area contributed by atoms with Gasteiger partial charge in [-0.25, -0.2) is 0 Å². The average Bonchev–Trinajstić information content (AvgIpc) is 2.42. The molecule has 5 heteroatoms. The van der Waals surface area contributed by atoms with Crippen LogP contribution >= 0.6 is 12.2 Å². The minimum Gasteiger partial charge on any atom is -0.507 e. The van der Waals surface area contributed by atoms with Crippen LogP contribution in [0.1, 0.15) is 5.56 Å². The highest BCUT2D eigenvalue weighted by molar-refractivity contribution is 7.80. The molecule has 96 valence electrons. The number of aromatic hydroxyl groups is 1. The molecule has 0 aromatic heterocycles. The van der Waals surface area contributed by atoms with Gasteiger partial charge in [-0.05, 0) is 36.5 Å². The predicted molar refractivity (Wildman–Crippen MR) is 81.5 cm³/mol. The summed E-state index contributed by atoms with van der Waals surface area (Å²) in [5.74, 6) is 0.176. The fourth-order valence-electron chi connectivity index (χ4n) is 1.44. The molecule has 3 N–H and O–H groups in total. The van der Waals surface area contributed by atoms with Gasteiger partial charge in [0.25, 0.3) is 0 Å². The number of phenolic OH excluding ortho intramolecular Hbond substituents is 1. The summed E-state index contributed by atoms with van der Waals surface area (Å²) in [4.78, 5) is 0. The number of rotatable bonds is 3. The zero-order chi connectivity index (χ0) is 13.5. The molecule has 0 radical (unpaired) electrons. The summed E-state index contributed by atoms with van der Waals surface area (Å²) < 4.78 is 0. The van der Waals surface area contributed by atoms with E-state index >= 15 is 0 Å². The van der Waals surface area contributed by atoms with Crippen LogP contribution < -0.4 is 10.7 Å². The first-order valence-corrected chi connectivity index (χ1v) is 6.09. The largest absolute Gasteiger partial charge is 0.507 e. The maximum absolute atomic E-state index is 9.54. The normalized spacial score (nSPS) is 10.3. The van der Waals surface area contributed by atoms with Crippen molar-refractivity contribution in [2.75, 3.05) is 5.32 Å². The predicted octanol–water partition coefficient (Wildman–Crippen LogP) is 2.71. The molecule has 2 aromatic carbocycles. The molecule has 19 heavy (non-hydrogen) atoms. The van der Waals surface area contributed by atoms with Crippen LogP contribution in [0.4, 0.5) is 5.69 Å². The highest BCUT2D eigenvalue weighted by Gasteiger charge is 1.96. The summed E-state index contributed by atoms with van der Waals surface area (Å²) in [7, 11) is 0. The summed E-state index contributed by atoms with van der Waals surface area (Å²) in [6, 6.07) is 16.5. The van der Waals surface area contributed by atoms with E-state index < -0.39 is 0 Å². The SMILES string of the molecule is Oc1ccccc1/C=N/NC(=S)Nc1ccccc1. The number of nitrogens with zero attached hydrogens (tertiary/aromatic N) is 1. The summed E-state index contributed by atoms with van der Waals surface area (Å²) in [5.41, 5.74) is 4.20. The Labute approximate surface area is 116 Å². The zero-order valence-electron chi connectivity index (χ0n) is 10.1. The number of anilines is 1. The van der Waals surface area contributed by atoms with E-state index in [1.165, 1.54) is 6.21 Å². The highest BCUT2D eigenvalue weighted by Crippen LogP contribution is 2.12. The van der Waals surface area contributed by atoms with Crippen LogP contribution in [0.2, 0.25) is 0 Å². The van der Waals surface area contributed by atoms with E-state index in [1.807, 2.05) is 36.4 Å². The van der Waals surface area contributed by atoms with Crippen molar-refractivity contribution in [2.45, 2.75) is 0 Å². The van der Waals surface area contributed by atoms with Gasteiger partial charge in [0.15, 0.2) is 5.11 Å². The second-order valence-corrected chi connectivity index (χ2v) is 4.16. The molecule has 0 fully saturated rings. The van der Waals surface area contributed by atoms with Gasteiger partial charge in [0, 0.05) is 11.3 Å². The Kier molecular flexibility index (Phi) is 4.47. The molecule has 0 saturated heterocycles. The third kappa shape index (κ3) is 4.08. The summed E-state index contributed by atoms with van der Waals surface area (Å²) in [6.45, 7) is 0. The van der Waals surface area contributed by atoms with E-state index in [9.17, 15) is 5.11 Å². The van der Waals surface area contributed by atoms with Crippen LogP contribution in [-0.4, -0.2) is 16.4 Å². The van der Waals surface area contributed by atoms with E-state index in [1.54, 1.807) is 18.2 Å². The number of hydrogen-bond acceptors (Lipinski definition) is 3. The molecule has 2 aromatic rings. The van der Waals surface area contributed by atoms with Crippen LogP contribution in [0.15, 0.2) is 59.7 Å². The molecular weight excluding hydrogens is 258 g/mol. The Morgan fingerprint density at radius 2 is 1.74 bits per heavy atom. The van der Waals surface area contributed by atoms with Crippen molar-refractivity contribution < 1.29 is 5.11 Å².